The van der Waals surface area contributed by atoms with E-state index in [2.05, 4.69) is 25.1 Å². The second kappa shape index (κ2) is 9.67. The zero-order chi connectivity index (χ0) is 30.4. The van der Waals surface area contributed by atoms with Crippen LogP contribution in [0.15, 0.2) is 30.5 Å². The number of hydrogen-bond acceptors (Lipinski definition) is 8. The van der Waals surface area contributed by atoms with Crippen LogP contribution in [-0.4, -0.2) is 75.3 Å². The number of phenolic OH excluding ortho intramolecular Hbond substituents is 1. The highest BCUT2D eigenvalue weighted by Gasteiger charge is 2.45. The Bertz CT molecular complexity index is 1810. The molecule has 0 amide bonds. The predicted molar refractivity (Wildman–Crippen MR) is 152 cm³/mol. The lowest BCUT2D eigenvalue weighted by atomic mass is 9.93. The third kappa shape index (κ3) is 4.00. The third-order valence-electron chi connectivity index (χ3n) is 9.49. The van der Waals surface area contributed by atoms with Crippen molar-refractivity contribution < 1.29 is 25.8 Å². The number of pyridine rings is 1. The van der Waals surface area contributed by atoms with Gasteiger partial charge in [-0.15, -0.1) is 0 Å². The number of ether oxygens (including phenoxy) is 1. The highest BCUT2D eigenvalue weighted by atomic mass is 19.2. The molecule has 2 unspecified atom stereocenters. The van der Waals surface area contributed by atoms with E-state index in [9.17, 15) is 9.50 Å². The SMILES string of the molecule is [2H]C([2H])(Oc1nc(N2CC3CCC2CN3)c2cnc(-c3cc(O)cc4ccc(F)c(F)c34)c(F)c2n1)C12CCCN1CCC2. The van der Waals surface area contributed by atoms with Crippen molar-refractivity contribution in [1.29, 1.82) is 0 Å². The second-order valence-electron chi connectivity index (χ2n) is 11.9. The van der Waals surface area contributed by atoms with Gasteiger partial charge in [-0.2, -0.15) is 9.97 Å². The van der Waals surface area contributed by atoms with Crippen LogP contribution >= 0.6 is 0 Å². The standard InChI is InChI=1S/C31H31F3N6O2/c32-23-6-3-17-11-20(41)12-21(24(17)25(23)33)27-26(34)28-22(14-36-27)29(40-15-18-4-5-19(40)13-35-18)38-30(37-28)42-16-31-7-1-9-39(31)10-2-8-31/h3,6,11-12,14,18-19,35,41H,1-2,4-5,7-10,13,15-16H2/i16D2. The van der Waals surface area contributed by atoms with Crippen LogP contribution in [0.2, 0.25) is 0 Å². The number of fused-ring (bicyclic) bond motifs is 6. The van der Waals surface area contributed by atoms with Gasteiger partial charge in [0.15, 0.2) is 17.5 Å². The van der Waals surface area contributed by atoms with Crippen molar-refractivity contribution in [2.24, 2.45) is 0 Å². The fourth-order valence-electron chi connectivity index (χ4n) is 7.42. The Morgan fingerprint density at radius 3 is 2.67 bits per heavy atom. The molecule has 5 aliphatic rings. The summed E-state index contributed by atoms with van der Waals surface area (Å²) in [5.74, 6) is -3.12. The van der Waals surface area contributed by atoms with Gasteiger partial charge in [-0.1, -0.05) is 6.07 Å². The zero-order valence-corrected chi connectivity index (χ0v) is 22.8. The van der Waals surface area contributed by atoms with Crippen LogP contribution in [0, 0.1) is 17.5 Å². The Balaban J connectivity index is 1.32. The van der Waals surface area contributed by atoms with E-state index < -0.39 is 29.5 Å². The van der Waals surface area contributed by atoms with Crippen molar-refractivity contribution in [3.63, 3.8) is 0 Å². The summed E-state index contributed by atoms with van der Waals surface area (Å²) in [6.45, 7) is 0.761. The summed E-state index contributed by atoms with van der Waals surface area (Å²) >= 11 is 0. The number of phenols is 1. The van der Waals surface area contributed by atoms with Crippen molar-refractivity contribution in [3.05, 3.63) is 47.9 Å². The Morgan fingerprint density at radius 2 is 1.93 bits per heavy atom. The fourth-order valence-corrected chi connectivity index (χ4v) is 7.42. The van der Waals surface area contributed by atoms with E-state index in [1.54, 1.807) is 0 Å². The number of aromatic hydroxyl groups is 1. The average Bonchev–Trinajstić information content (AvgIpc) is 3.62. The Labute approximate surface area is 243 Å². The molecule has 0 saturated carbocycles. The molecule has 0 radical (unpaired) electrons. The number of benzene rings is 2. The largest absolute Gasteiger partial charge is 0.508 e. The van der Waals surface area contributed by atoms with E-state index in [0.29, 0.717) is 30.6 Å². The van der Waals surface area contributed by atoms with Crippen molar-refractivity contribution in [1.82, 2.24) is 25.2 Å². The first-order valence-corrected chi connectivity index (χ1v) is 14.6. The summed E-state index contributed by atoms with van der Waals surface area (Å²) in [6.07, 6.45) is 6.29. The van der Waals surface area contributed by atoms with E-state index in [1.807, 2.05) is 0 Å². The van der Waals surface area contributed by atoms with Gasteiger partial charge in [0.2, 0.25) is 0 Å². The Morgan fingerprint density at radius 1 is 1.10 bits per heavy atom. The van der Waals surface area contributed by atoms with Crippen molar-refractivity contribution in [2.75, 3.05) is 37.6 Å². The van der Waals surface area contributed by atoms with Crippen LogP contribution in [0.5, 0.6) is 11.8 Å². The lowest BCUT2D eigenvalue weighted by Gasteiger charge is -2.46. The minimum atomic E-state index is -2.15. The molecule has 5 saturated heterocycles. The van der Waals surface area contributed by atoms with Gasteiger partial charge in [0.05, 0.1) is 13.7 Å². The molecule has 2 atom stereocenters. The molecule has 7 heterocycles. The van der Waals surface area contributed by atoms with Crippen molar-refractivity contribution in [3.8, 4) is 23.0 Å². The molecule has 42 heavy (non-hydrogen) atoms. The molecule has 0 spiro atoms. The summed E-state index contributed by atoms with van der Waals surface area (Å²) < 4.78 is 70.2. The highest BCUT2D eigenvalue weighted by molar-refractivity contribution is 6.00. The first-order valence-electron chi connectivity index (χ1n) is 15.6. The maximum Gasteiger partial charge on any atom is 0.319 e. The minimum Gasteiger partial charge on any atom is -0.508 e. The number of nitrogens with zero attached hydrogens (tertiary/aromatic N) is 5. The number of anilines is 1. The van der Waals surface area contributed by atoms with Gasteiger partial charge < -0.3 is 20.1 Å². The Kier molecular flexibility index (Phi) is 5.48. The first kappa shape index (κ1) is 23.8. The molecule has 5 aliphatic heterocycles. The molecule has 2 aromatic carbocycles. The molecular formula is C31H31F3N6O2. The minimum absolute atomic E-state index is 0.0799. The van der Waals surface area contributed by atoms with Gasteiger partial charge in [0, 0.05) is 42.3 Å². The maximum atomic E-state index is 16.7. The van der Waals surface area contributed by atoms with Crippen LogP contribution in [0.25, 0.3) is 32.9 Å². The molecule has 9 rings (SSSR count). The first-order chi connectivity index (χ1) is 21.1. The fraction of sp³-hybridized carbons (Fsp3) is 0.452. The topological polar surface area (TPSA) is 86.6 Å². The van der Waals surface area contributed by atoms with Gasteiger partial charge in [0.25, 0.3) is 0 Å². The third-order valence-corrected chi connectivity index (χ3v) is 9.49. The number of halogens is 3. The summed E-state index contributed by atoms with van der Waals surface area (Å²) in [4.78, 5) is 17.7. The molecule has 5 fully saturated rings. The average molecular weight is 579 g/mol. The van der Waals surface area contributed by atoms with Crippen molar-refractivity contribution in [2.45, 2.75) is 56.1 Å². The number of piperazine rings is 1. The number of rotatable bonds is 5. The zero-order valence-electron chi connectivity index (χ0n) is 24.8. The van der Waals surface area contributed by atoms with Crippen molar-refractivity contribution >= 4 is 27.5 Å². The van der Waals surface area contributed by atoms with Crippen LogP contribution in [0.4, 0.5) is 19.0 Å². The maximum absolute atomic E-state index is 16.7. The molecule has 11 heteroatoms. The van der Waals surface area contributed by atoms with Crippen LogP contribution < -0.4 is 15.0 Å². The monoisotopic (exact) mass is 578 g/mol. The van der Waals surface area contributed by atoms with Crippen LogP contribution in [0.3, 0.4) is 0 Å². The number of aromatic nitrogens is 3. The molecule has 2 bridgehead atoms. The smallest absolute Gasteiger partial charge is 0.319 e. The van der Waals surface area contributed by atoms with E-state index in [4.69, 9.17) is 12.5 Å². The van der Waals surface area contributed by atoms with E-state index >= 15 is 8.78 Å². The second-order valence-corrected chi connectivity index (χ2v) is 11.9. The summed E-state index contributed by atoms with van der Waals surface area (Å²) in [7, 11) is 0. The van der Waals surface area contributed by atoms with Gasteiger partial charge in [-0.3, -0.25) is 9.88 Å². The highest BCUT2D eigenvalue weighted by Crippen LogP contribution is 2.41. The molecular weight excluding hydrogens is 545 g/mol. The van der Waals surface area contributed by atoms with Gasteiger partial charge in [-0.05, 0) is 75.2 Å². The Hall–Kier alpha value is -3.70. The van der Waals surface area contributed by atoms with E-state index in [1.165, 1.54) is 18.3 Å². The predicted octanol–water partition coefficient (Wildman–Crippen LogP) is 4.92. The van der Waals surface area contributed by atoms with E-state index in [0.717, 1.165) is 57.5 Å². The summed E-state index contributed by atoms with van der Waals surface area (Å²) in [6, 6.07) is 4.66. The summed E-state index contributed by atoms with van der Waals surface area (Å²) in [5.41, 5.74) is -1.47. The molecule has 0 aliphatic carbocycles. The van der Waals surface area contributed by atoms with Crippen LogP contribution in [-0.2, 0) is 0 Å². The molecule has 2 aromatic heterocycles. The lowest BCUT2D eigenvalue weighted by Crippen LogP contribution is -2.61. The number of nitrogens with one attached hydrogen (secondary N) is 1. The van der Waals surface area contributed by atoms with Gasteiger partial charge in [0.1, 0.15) is 29.3 Å². The quantitative estimate of drug-likeness (QED) is 0.346. The number of hydrogen-bond donors (Lipinski definition) is 2. The summed E-state index contributed by atoms with van der Waals surface area (Å²) in [5, 5.41) is 14.1. The van der Waals surface area contributed by atoms with E-state index in [-0.39, 0.29) is 51.4 Å². The normalized spacial score (nSPS) is 24.3. The molecule has 218 valence electrons. The number of piperidine rings is 2. The molecule has 2 N–H and O–H groups in total. The molecule has 8 nitrogen and oxygen atoms in total. The van der Waals surface area contributed by atoms with Gasteiger partial charge in [-0.25, -0.2) is 13.2 Å². The van der Waals surface area contributed by atoms with Gasteiger partial charge >= 0.3 is 6.01 Å². The molecule has 4 aromatic rings. The lowest BCUT2D eigenvalue weighted by molar-refractivity contribution is 0.107. The van der Waals surface area contributed by atoms with Crippen LogP contribution in [0.1, 0.15) is 41.3 Å².